The predicted octanol–water partition coefficient (Wildman–Crippen LogP) is 2.40. The number of carbonyl (C=O) groups is 2. The van der Waals surface area contributed by atoms with E-state index in [0.717, 1.165) is 18.4 Å². The van der Waals surface area contributed by atoms with Crippen LogP contribution in [0.5, 0.6) is 11.5 Å². The lowest BCUT2D eigenvalue weighted by Crippen LogP contribution is -2.23. The van der Waals surface area contributed by atoms with Gasteiger partial charge in [-0.1, -0.05) is 13.3 Å². The predicted molar refractivity (Wildman–Crippen MR) is 76.9 cm³/mol. The summed E-state index contributed by atoms with van der Waals surface area (Å²) in [6.45, 7) is 2.37. The summed E-state index contributed by atoms with van der Waals surface area (Å²) in [7, 11) is 3.06. The first-order chi connectivity index (χ1) is 10.1. The van der Waals surface area contributed by atoms with E-state index in [2.05, 4.69) is 0 Å². The lowest BCUT2D eigenvalue weighted by Gasteiger charge is -2.11. The normalized spacial score (nSPS) is 16.5. The lowest BCUT2D eigenvalue weighted by atomic mass is 10.1. The van der Waals surface area contributed by atoms with E-state index in [-0.39, 0.29) is 5.78 Å². The molecule has 5 heteroatoms. The van der Waals surface area contributed by atoms with Gasteiger partial charge in [0, 0.05) is 11.1 Å². The monoisotopic (exact) mass is 292 g/mol. The molecule has 1 atom stereocenters. The molecule has 114 valence electrons. The van der Waals surface area contributed by atoms with Crippen molar-refractivity contribution < 1.29 is 23.8 Å². The van der Waals surface area contributed by atoms with Crippen molar-refractivity contribution in [2.24, 2.45) is 5.92 Å². The molecule has 1 aliphatic rings. The van der Waals surface area contributed by atoms with Gasteiger partial charge in [-0.05, 0) is 25.0 Å². The molecule has 1 unspecified atom stereocenters. The number of unbranched alkanes of at least 4 members (excludes halogenated alkanes) is 1. The second kappa shape index (κ2) is 6.61. The highest BCUT2D eigenvalue weighted by atomic mass is 16.5. The maximum Gasteiger partial charge on any atom is 0.317 e. The Morgan fingerprint density at radius 1 is 1.29 bits per heavy atom. The molecule has 0 heterocycles. The molecule has 0 N–H and O–H groups in total. The second-order valence-corrected chi connectivity index (χ2v) is 4.97. The molecule has 1 aliphatic carbocycles. The third-order valence-electron chi connectivity index (χ3n) is 3.67. The highest BCUT2D eigenvalue weighted by Gasteiger charge is 2.39. The first-order valence-corrected chi connectivity index (χ1v) is 7.08. The summed E-state index contributed by atoms with van der Waals surface area (Å²) >= 11 is 0. The molecule has 0 aromatic heterocycles. The zero-order valence-electron chi connectivity index (χ0n) is 12.6. The molecule has 0 saturated heterocycles. The fraction of sp³-hybridized carbons (Fsp3) is 0.500. The van der Waals surface area contributed by atoms with Crippen molar-refractivity contribution in [2.75, 3.05) is 20.8 Å². The molecular weight excluding hydrogens is 272 g/mol. The van der Waals surface area contributed by atoms with Crippen LogP contribution >= 0.6 is 0 Å². The van der Waals surface area contributed by atoms with Crippen molar-refractivity contribution in [3.8, 4) is 11.5 Å². The topological polar surface area (TPSA) is 61.8 Å². The van der Waals surface area contributed by atoms with Crippen LogP contribution in [0.25, 0.3) is 0 Å². The van der Waals surface area contributed by atoms with Crippen LogP contribution in [0.15, 0.2) is 12.1 Å². The molecule has 2 rings (SSSR count). The van der Waals surface area contributed by atoms with Gasteiger partial charge in [-0.2, -0.15) is 0 Å². The number of esters is 1. The maximum atomic E-state index is 12.3. The number of benzene rings is 1. The minimum atomic E-state index is -0.766. The van der Waals surface area contributed by atoms with E-state index in [0.29, 0.717) is 30.1 Å². The van der Waals surface area contributed by atoms with Crippen LogP contribution in [-0.4, -0.2) is 32.6 Å². The number of carbonyl (C=O) groups excluding carboxylic acids is 2. The van der Waals surface area contributed by atoms with Gasteiger partial charge in [0.1, 0.15) is 5.92 Å². The van der Waals surface area contributed by atoms with Crippen molar-refractivity contribution in [2.45, 2.75) is 26.2 Å². The quantitative estimate of drug-likeness (QED) is 0.458. The van der Waals surface area contributed by atoms with Crippen molar-refractivity contribution in [3.63, 3.8) is 0 Å². The fourth-order valence-corrected chi connectivity index (χ4v) is 2.52. The highest BCUT2D eigenvalue weighted by molar-refractivity contribution is 6.12. The van der Waals surface area contributed by atoms with Crippen molar-refractivity contribution in [3.05, 3.63) is 23.3 Å². The van der Waals surface area contributed by atoms with Crippen LogP contribution in [0.4, 0.5) is 0 Å². The largest absolute Gasteiger partial charge is 0.493 e. The Balaban J connectivity index is 2.21. The van der Waals surface area contributed by atoms with Crippen molar-refractivity contribution >= 4 is 11.8 Å². The number of Topliss-reactive ketones (excluding diaryl/α,β-unsaturated/α-hetero) is 1. The Bertz CT molecular complexity index is 550. The molecule has 0 bridgehead atoms. The Labute approximate surface area is 124 Å². The van der Waals surface area contributed by atoms with Crippen LogP contribution in [0.3, 0.4) is 0 Å². The van der Waals surface area contributed by atoms with Gasteiger partial charge in [0.25, 0.3) is 0 Å². The molecule has 1 aromatic rings. The SMILES string of the molecule is CCCCOC(=O)C1Cc2c(ccc(OC)c2OC)C1=O. The molecule has 21 heavy (non-hydrogen) atoms. The van der Waals surface area contributed by atoms with Crippen molar-refractivity contribution in [1.82, 2.24) is 0 Å². The number of methoxy groups -OCH3 is 2. The molecular formula is C16H20O5. The summed E-state index contributed by atoms with van der Waals surface area (Å²) in [5.74, 6) is -0.341. The summed E-state index contributed by atoms with van der Waals surface area (Å²) in [5, 5.41) is 0. The molecule has 0 saturated carbocycles. The highest BCUT2D eigenvalue weighted by Crippen LogP contribution is 2.40. The summed E-state index contributed by atoms with van der Waals surface area (Å²) in [5.41, 5.74) is 1.24. The Hall–Kier alpha value is -2.04. The molecule has 0 fully saturated rings. The fourth-order valence-electron chi connectivity index (χ4n) is 2.52. The maximum absolute atomic E-state index is 12.3. The van der Waals surface area contributed by atoms with Crippen LogP contribution in [-0.2, 0) is 16.0 Å². The minimum Gasteiger partial charge on any atom is -0.493 e. The van der Waals surface area contributed by atoms with Gasteiger partial charge >= 0.3 is 5.97 Å². The van der Waals surface area contributed by atoms with E-state index in [1.54, 1.807) is 12.1 Å². The first-order valence-electron chi connectivity index (χ1n) is 7.08. The zero-order chi connectivity index (χ0) is 15.4. The van der Waals surface area contributed by atoms with Gasteiger partial charge < -0.3 is 14.2 Å². The second-order valence-electron chi connectivity index (χ2n) is 4.97. The van der Waals surface area contributed by atoms with Gasteiger partial charge in [-0.25, -0.2) is 0 Å². The summed E-state index contributed by atoms with van der Waals surface area (Å²) in [6, 6.07) is 3.36. The number of ether oxygens (including phenoxy) is 3. The van der Waals surface area contributed by atoms with E-state index in [1.165, 1.54) is 14.2 Å². The Kier molecular flexibility index (Phi) is 4.83. The molecule has 0 amide bonds. The minimum absolute atomic E-state index is 0.201. The van der Waals surface area contributed by atoms with Crippen LogP contribution in [0.1, 0.15) is 35.7 Å². The molecule has 0 spiro atoms. The molecule has 1 aromatic carbocycles. The first kappa shape index (κ1) is 15.4. The van der Waals surface area contributed by atoms with Gasteiger partial charge in [0.2, 0.25) is 0 Å². The van der Waals surface area contributed by atoms with E-state index in [1.807, 2.05) is 6.92 Å². The summed E-state index contributed by atoms with van der Waals surface area (Å²) in [4.78, 5) is 24.4. The number of hydrogen-bond donors (Lipinski definition) is 0. The third-order valence-corrected chi connectivity index (χ3v) is 3.67. The summed E-state index contributed by atoms with van der Waals surface area (Å²) in [6.07, 6.45) is 2.05. The van der Waals surface area contributed by atoms with Crippen LogP contribution < -0.4 is 9.47 Å². The zero-order valence-corrected chi connectivity index (χ0v) is 12.6. The van der Waals surface area contributed by atoms with Gasteiger partial charge in [-0.3, -0.25) is 9.59 Å². The number of fused-ring (bicyclic) bond motifs is 1. The Morgan fingerprint density at radius 2 is 2.05 bits per heavy atom. The van der Waals surface area contributed by atoms with E-state index < -0.39 is 11.9 Å². The number of ketones is 1. The van der Waals surface area contributed by atoms with E-state index in [9.17, 15) is 9.59 Å². The third kappa shape index (κ3) is 2.86. The van der Waals surface area contributed by atoms with Crippen LogP contribution in [0.2, 0.25) is 0 Å². The van der Waals surface area contributed by atoms with E-state index in [4.69, 9.17) is 14.2 Å². The molecule has 5 nitrogen and oxygen atoms in total. The number of hydrogen-bond acceptors (Lipinski definition) is 5. The lowest BCUT2D eigenvalue weighted by molar-refractivity contribution is -0.146. The average molecular weight is 292 g/mol. The number of rotatable bonds is 6. The van der Waals surface area contributed by atoms with Crippen LogP contribution in [0, 0.1) is 5.92 Å². The Morgan fingerprint density at radius 3 is 2.67 bits per heavy atom. The standard InChI is InChI=1S/C16H20O5/c1-4-5-8-21-16(18)12-9-11-10(14(12)17)6-7-13(19-2)15(11)20-3/h6-7,12H,4-5,8-9H2,1-3H3. The van der Waals surface area contributed by atoms with Gasteiger partial charge in [0.15, 0.2) is 17.3 Å². The summed E-state index contributed by atoms with van der Waals surface area (Å²) < 4.78 is 15.7. The average Bonchev–Trinajstić information content (AvgIpc) is 2.83. The molecule has 0 aliphatic heterocycles. The van der Waals surface area contributed by atoms with Gasteiger partial charge in [0.05, 0.1) is 20.8 Å². The smallest absolute Gasteiger partial charge is 0.317 e. The molecule has 0 radical (unpaired) electrons. The van der Waals surface area contributed by atoms with Crippen molar-refractivity contribution in [1.29, 1.82) is 0 Å². The van der Waals surface area contributed by atoms with Gasteiger partial charge in [-0.15, -0.1) is 0 Å². The van der Waals surface area contributed by atoms with E-state index >= 15 is 0 Å².